The topological polar surface area (TPSA) is 88.2 Å². The van der Waals surface area contributed by atoms with Crippen LogP contribution in [0.25, 0.3) is 0 Å². The van der Waals surface area contributed by atoms with Gasteiger partial charge in [-0.05, 0) is 60.2 Å². The minimum absolute atomic E-state index is 0.0593. The summed E-state index contributed by atoms with van der Waals surface area (Å²) in [4.78, 5) is 16.0. The van der Waals surface area contributed by atoms with Gasteiger partial charge in [0, 0.05) is 35.2 Å². The second-order valence-electron chi connectivity index (χ2n) is 5.80. The van der Waals surface area contributed by atoms with Crippen LogP contribution in [-0.4, -0.2) is 19.3 Å². The van der Waals surface area contributed by atoms with Crippen LogP contribution in [0, 0.1) is 0 Å². The number of pyridine rings is 1. The molecule has 0 bridgehead atoms. The molecular weight excluding hydrogens is 421 g/mol. The van der Waals surface area contributed by atoms with Crippen LogP contribution in [-0.2, 0) is 16.6 Å². The Morgan fingerprint density at radius 1 is 0.964 bits per heavy atom. The van der Waals surface area contributed by atoms with E-state index in [1.807, 2.05) is 0 Å². The fourth-order valence-corrected chi connectivity index (χ4v) is 4.19. The third-order valence-corrected chi connectivity index (χ3v) is 5.88. The number of amides is 1. The normalized spacial score (nSPS) is 11.1. The zero-order chi connectivity index (χ0) is 20.1. The predicted molar refractivity (Wildman–Crippen MR) is 109 cm³/mol. The van der Waals surface area contributed by atoms with Gasteiger partial charge in [0.25, 0.3) is 15.9 Å². The number of hydrogen-bond donors (Lipinski definition) is 2. The number of rotatable bonds is 6. The number of aromatic nitrogens is 1. The molecule has 0 radical (unpaired) electrons. The van der Waals surface area contributed by atoms with Crippen LogP contribution >= 0.6 is 23.2 Å². The Kier molecular flexibility index (Phi) is 6.18. The maximum atomic E-state index is 12.5. The van der Waals surface area contributed by atoms with E-state index < -0.39 is 10.0 Å². The summed E-state index contributed by atoms with van der Waals surface area (Å²) in [5.74, 6) is -0.274. The quantitative estimate of drug-likeness (QED) is 0.609. The highest BCUT2D eigenvalue weighted by molar-refractivity contribution is 7.92. The molecule has 6 nitrogen and oxygen atoms in total. The number of benzene rings is 2. The third kappa shape index (κ3) is 5.01. The van der Waals surface area contributed by atoms with E-state index in [-0.39, 0.29) is 20.8 Å². The molecule has 3 aromatic rings. The monoisotopic (exact) mass is 435 g/mol. The van der Waals surface area contributed by atoms with Gasteiger partial charge in [0.05, 0.1) is 5.02 Å². The molecule has 0 aliphatic rings. The van der Waals surface area contributed by atoms with E-state index in [0.29, 0.717) is 17.8 Å². The number of halogens is 2. The first-order valence-corrected chi connectivity index (χ1v) is 10.3. The number of nitrogens with one attached hydrogen (secondary N) is 2. The molecule has 2 aromatic carbocycles. The van der Waals surface area contributed by atoms with Gasteiger partial charge >= 0.3 is 0 Å². The number of anilines is 1. The average Bonchev–Trinajstić information content (AvgIpc) is 2.69. The molecule has 0 aliphatic heterocycles. The molecular formula is C19H15Cl2N3O3S. The summed E-state index contributed by atoms with van der Waals surface area (Å²) in [5, 5.41) is 3.10. The van der Waals surface area contributed by atoms with E-state index in [1.165, 1.54) is 42.5 Å². The number of nitrogens with zero attached hydrogens (tertiary/aromatic N) is 1. The van der Waals surface area contributed by atoms with Crippen LogP contribution in [0.3, 0.4) is 0 Å². The molecule has 28 heavy (non-hydrogen) atoms. The van der Waals surface area contributed by atoms with Crippen molar-refractivity contribution in [3.8, 4) is 0 Å². The smallest absolute Gasteiger partial charge is 0.263 e. The van der Waals surface area contributed by atoms with Gasteiger partial charge in [-0.2, -0.15) is 0 Å². The maximum absolute atomic E-state index is 12.5. The third-order valence-electron chi connectivity index (χ3n) is 3.78. The highest BCUT2D eigenvalue weighted by Gasteiger charge is 2.19. The zero-order valence-electron chi connectivity index (χ0n) is 14.4. The first-order valence-electron chi connectivity index (χ1n) is 8.10. The molecule has 0 atom stereocenters. The lowest BCUT2D eigenvalue weighted by atomic mass is 10.2. The molecule has 0 spiro atoms. The Bertz CT molecular complexity index is 1090. The van der Waals surface area contributed by atoms with Gasteiger partial charge < -0.3 is 5.32 Å². The standard InChI is InChI=1S/C19H15Cl2N3O3S/c20-15-3-6-17(21)18(11-15)28(26,27)24-16-4-1-14(2-5-16)19(25)23-12-13-7-9-22-10-8-13/h1-11,24H,12H2,(H,23,25). The summed E-state index contributed by atoms with van der Waals surface area (Å²) in [6.45, 7) is 0.364. The summed E-state index contributed by atoms with van der Waals surface area (Å²) in [7, 11) is -3.92. The molecule has 1 heterocycles. The van der Waals surface area contributed by atoms with E-state index in [4.69, 9.17) is 23.2 Å². The molecule has 1 amide bonds. The SMILES string of the molecule is O=C(NCc1ccncc1)c1ccc(NS(=O)(=O)c2cc(Cl)ccc2Cl)cc1. The molecule has 1 aromatic heterocycles. The zero-order valence-corrected chi connectivity index (χ0v) is 16.7. The van der Waals surface area contributed by atoms with E-state index >= 15 is 0 Å². The van der Waals surface area contributed by atoms with Crippen molar-refractivity contribution < 1.29 is 13.2 Å². The van der Waals surface area contributed by atoms with Crippen molar-refractivity contribution in [1.29, 1.82) is 0 Å². The summed E-state index contributed by atoms with van der Waals surface area (Å²) >= 11 is 11.8. The fraction of sp³-hybridized carbons (Fsp3) is 0.0526. The van der Waals surface area contributed by atoms with Gasteiger partial charge in [0.15, 0.2) is 0 Å². The lowest BCUT2D eigenvalue weighted by Gasteiger charge is -2.11. The van der Waals surface area contributed by atoms with Crippen LogP contribution < -0.4 is 10.0 Å². The van der Waals surface area contributed by atoms with Crippen LogP contribution in [0.5, 0.6) is 0 Å². The van der Waals surface area contributed by atoms with E-state index in [9.17, 15) is 13.2 Å². The van der Waals surface area contributed by atoms with Gasteiger partial charge in [-0.15, -0.1) is 0 Å². The van der Waals surface area contributed by atoms with Gasteiger partial charge in [-0.3, -0.25) is 14.5 Å². The van der Waals surface area contributed by atoms with Crippen molar-refractivity contribution >= 4 is 44.8 Å². The second kappa shape index (κ2) is 8.60. The first-order chi connectivity index (χ1) is 13.3. The number of carbonyl (C=O) groups excluding carboxylic acids is 1. The minimum atomic E-state index is -3.92. The van der Waals surface area contributed by atoms with Gasteiger partial charge in [-0.1, -0.05) is 23.2 Å². The van der Waals surface area contributed by atoms with Crippen molar-refractivity contribution in [1.82, 2.24) is 10.3 Å². The van der Waals surface area contributed by atoms with Crippen LogP contribution in [0.2, 0.25) is 10.0 Å². The first kappa shape index (κ1) is 20.1. The Hall–Kier alpha value is -2.61. The fourth-order valence-electron chi connectivity index (χ4n) is 2.37. The number of carbonyl (C=O) groups is 1. The molecule has 3 rings (SSSR count). The highest BCUT2D eigenvalue weighted by Crippen LogP contribution is 2.26. The summed E-state index contributed by atoms with van der Waals surface area (Å²) in [6.07, 6.45) is 3.29. The Balaban J connectivity index is 1.68. The van der Waals surface area contributed by atoms with Crippen molar-refractivity contribution in [2.45, 2.75) is 11.4 Å². The molecule has 9 heteroatoms. The lowest BCUT2D eigenvalue weighted by molar-refractivity contribution is 0.0951. The Morgan fingerprint density at radius 2 is 1.64 bits per heavy atom. The lowest BCUT2D eigenvalue weighted by Crippen LogP contribution is -2.22. The predicted octanol–water partition coefficient (Wildman–Crippen LogP) is 4.12. The van der Waals surface area contributed by atoms with E-state index in [1.54, 1.807) is 24.5 Å². The van der Waals surface area contributed by atoms with Crippen LogP contribution in [0.4, 0.5) is 5.69 Å². The Labute approximate surface area is 172 Å². The highest BCUT2D eigenvalue weighted by atomic mass is 35.5. The molecule has 0 saturated heterocycles. The number of sulfonamides is 1. The van der Waals surface area contributed by atoms with Gasteiger partial charge in [0.1, 0.15) is 4.90 Å². The van der Waals surface area contributed by atoms with Crippen LogP contribution in [0.15, 0.2) is 71.9 Å². The maximum Gasteiger partial charge on any atom is 0.263 e. The van der Waals surface area contributed by atoms with Crippen molar-refractivity contribution in [3.63, 3.8) is 0 Å². The van der Waals surface area contributed by atoms with Crippen molar-refractivity contribution in [2.75, 3.05) is 4.72 Å². The van der Waals surface area contributed by atoms with Gasteiger partial charge in [0.2, 0.25) is 0 Å². The van der Waals surface area contributed by atoms with Gasteiger partial charge in [-0.25, -0.2) is 8.42 Å². The molecule has 2 N–H and O–H groups in total. The summed E-state index contributed by atoms with van der Waals surface area (Å²) < 4.78 is 27.4. The molecule has 0 fully saturated rings. The number of hydrogen-bond acceptors (Lipinski definition) is 4. The van der Waals surface area contributed by atoms with Crippen LogP contribution in [0.1, 0.15) is 15.9 Å². The molecule has 144 valence electrons. The largest absolute Gasteiger partial charge is 0.348 e. The molecule has 0 saturated carbocycles. The second-order valence-corrected chi connectivity index (χ2v) is 8.29. The molecule has 0 unspecified atom stereocenters. The average molecular weight is 436 g/mol. The summed E-state index contributed by atoms with van der Waals surface area (Å²) in [6, 6.07) is 13.8. The summed E-state index contributed by atoms with van der Waals surface area (Å²) in [5.41, 5.74) is 1.62. The minimum Gasteiger partial charge on any atom is -0.348 e. The Morgan fingerprint density at radius 3 is 2.32 bits per heavy atom. The van der Waals surface area contributed by atoms with Crippen molar-refractivity contribution in [2.24, 2.45) is 0 Å². The molecule has 0 aliphatic carbocycles. The van der Waals surface area contributed by atoms with Crippen molar-refractivity contribution in [3.05, 3.63) is 88.2 Å². The van der Waals surface area contributed by atoms with E-state index in [2.05, 4.69) is 15.0 Å². The van der Waals surface area contributed by atoms with E-state index in [0.717, 1.165) is 5.56 Å².